The van der Waals surface area contributed by atoms with Crippen LogP contribution >= 0.6 is 0 Å². The van der Waals surface area contributed by atoms with Crippen LogP contribution in [0.3, 0.4) is 0 Å². The molecular weight excluding hydrogens is 198 g/mol. The van der Waals surface area contributed by atoms with Crippen molar-refractivity contribution in [1.82, 2.24) is 0 Å². The van der Waals surface area contributed by atoms with Crippen molar-refractivity contribution in [2.45, 2.75) is 44.1 Å². The Morgan fingerprint density at radius 1 is 1.25 bits per heavy atom. The summed E-state index contributed by atoms with van der Waals surface area (Å²) >= 11 is 0. The predicted octanol–water partition coefficient (Wildman–Crippen LogP) is 2.41. The maximum absolute atomic E-state index is 12.3. The topological polar surface area (TPSA) is 43.1 Å². The van der Waals surface area contributed by atoms with Crippen LogP contribution in [0.2, 0.25) is 0 Å². The molecule has 0 amide bonds. The van der Waals surface area contributed by atoms with E-state index >= 15 is 0 Å². The lowest BCUT2D eigenvalue weighted by molar-refractivity contribution is -0.125. The van der Waals surface area contributed by atoms with Gasteiger partial charge in [-0.3, -0.25) is 4.79 Å². The average Bonchev–Trinajstić information content (AvgIpc) is 2.79. The molecule has 2 N–H and O–H groups in total. The molecule has 0 saturated heterocycles. The van der Waals surface area contributed by atoms with E-state index in [4.69, 9.17) is 5.73 Å². The first kappa shape index (κ1) is 11.3. The molecule has 1 saturated carbocycles. The van der Waals surface area contributed by atoms with Crippen LogP contribution in [0.25, 0.3) is 0 Å². The summed E-state index contributed by atoms with van der Waals surface area (Å²) in [5.41, 5.74) is 6.64. The van der Waals surface area contributed by atoms with Gasteiger partial charge in [-0.05, 0) is 25.3 Å². The molecule has 1 aliphatic carbocycles. The second kappa shape index (κ2) is 4.38. The highest BCUT2D eigenvalue weighted by atomic mass is 16.1. The quantitative estimate of drug-likeness (QED) is 0.845. The lowest BCUT2D eigenvalue weighted by Crippen LogP contribution is -2.43. The first-order chi connectivity index (χ1) is 7.67. The molecule has 0 radical (unpaired) electrons. The normalized spacial score (nSPS) is 20.6. The molecule has 2 heteroatoms. The Hall–Kier alpha value is -1.15. The number of carbonyl (C=O) groups is 1. The minimum absolute atomic E-state index is 0.205. The van der Waals surface area contributed by atoms with Gasteiger partial charge in [-0.15, -0.1) is 0 Å². The zero-order chi connectivity index (χ0) is 11.6. The summed E-state index contributed by atoms with van der Waals surface area (Å²) in [6, 6.07) is 9.76. The van der Waals surface area contributed by atoms with E-state index < -0.39 is 0 Å². The van der Waals surface area contributed by atoms with Crippen molar-refractivity contribution in [1.29, 1.82) is 0 Å². The van der Waals surface area contributed by atoms with E-state index in [2.05, 4.69) is 12.1 Å². The molecule has 1 aliphatic rings. The van der Waals surface area contributed by atoms with E-state index in [0.717, 1.165) is 31.2 Å². The molecule has 1 atom stereocenters. The summed E-state index contributed by atoms with van der Waals surface area (Å²) in [7, 11) is 0. The standard InChI is InChI=1S/C14H19NO/c1-11(15)13(16)14(9-5-6-10-14)12-7-3-2-4-8-12/h2-4,7-8,11H,5-6,9-10,15H2,1H3. The zero-order valence-corrected chi connectivity index (χ0v) is 9.78. The molecule has 2 rings (SSSR count). The van der Waals surface area contributed by atoms with Gasteiger partial charge in [-0.2, -0.15) is 0 Å². The van der Waals surface area contributed by atoms with E-state index in [1.54, 1.807) is 6.92 Å². The summed E-state index contributed by atoms with van der Waals surface area (Å²) in [6.45, 7) is 1.80. The minimum Gasteiger partial charge on any atom is -0.322 e. The molecule has 1 fully saturated rings. The van der Waals surface area contributed by atoms with Crippen LogP contribution < -0.4 is 5.73 Å². The fraction of sp³-hybridized carbons (Fsp3) is 0.500. The van der Waals surface area contributed by atoms with Crippen molar-refractivity contribution in [3.05, 3.63) is 35.9 Å². The van der Waals surface area contributed by atoms with Gasteiger partial charge in [0.25, 0.3) is 0 Å². The van der Waals surface area contributed by atoms with Crippen molar-refractivity contribution < 1.29 is 4.79 Å². The summed E-state index contributed by atoms with van der Waals surface area (Å²) < 4.78 is 0. The highest BCUT2D eigenvalue weighted by Crippen LogP contribution is 2.42. The van der Waals surface area contributed by atoms with Crippen molar-refractivity contribution in [2.75, 3.05) is 0 Å². The van der Waals surface area contributed by atoms with Gasteiger partial charge in [0.05, 0.1) is 11.5 Å². The van der Waals surface area contributed by atoms with Crippen LogP contribution in [0.4, 0.5) is 0 Å². The van der Waals surface area contributed by atoms with Crippen molar-refractivity contribution >= 4 is 5.78 Å². The van der Waals surface area contributed by atoms with Crippen LogP contribution in [0.5, 0.6) is 0 Å². The number of ketones is 1. The Balaban J connectivity index is 2.40. The number of Topliss-reactive ketones (excluding diaryl/α,β-unsaturated/α-hetero) is 1. The maximum Gasteiger partial charge on any atom is 0.159 e. The van der Waals surface area contributed by atoms with Crippen LogP contribution in [0.15, 0.2) is 30.3 Å². The van der Waals surface area contributed by atoms with Crippen molar-refractivity contribution in [2.24, 2.45) is 5.73 Å². The molecule has 0 aliphatic heterocycles. The van der Waals surface area contributed by atoms with Crippen LogP contribution in [0, 0.1) is 0 Å². The van der Waals surface area contributed by atoms with E-state index in [-0.39, 0.29) is 17.2 Å². The van der Waals surface area contributed by atoms with Gasteiger partial charge in [-0.25, -0.2) is 0 Å². The average molecular weight is 217 g/mol. The molecule has 2 nitrogen and oxygen atoms in total. The van der Waals surface area contributed by atoms with Crippen LogP contribution in [-0.4, -0.2) is 11.8 Å². The molecule has 86 valence electrons. The third-order valence-electron chi connectivity index (χ3n) is 3.67. The fourth-order valence-electron chi connectivity index (χ4n) is 2.85. The number of carbonyl (C=O) groups excluding carboxylic acids is 1. The number of rotatable bonds is 3. The number of nitrogens with two attached hydrogens (primary N) is 1. The number of hydrogen-bond donors (Lipinski definition) is 1. The molecule has 0 spiro atoms. The maximum atomic E-state index is 12.3. The van der Waals surface area contributed by atoms with Crippen LogP contribution in [-0.2, 0) is 10.2 Å². The van der Waals surface area contributed by atoms with E-state index in [0.29, 0.717) is 0 Å². The molecule has 1 aromatic carbocycles. The van der Waals surface area contributed by atoms with Gasteiger partial charge in [-0.1, -0.05) is 43.2 Å². The fourth-order valence-corrected chi connectivity index (χ4v) is 2.85. The summed E-state index contributed by atoms with van der Waals surface area (Å²) in [5, 5.41) is 0. The number of benzene rings is 1. The van der Waals surface area contributed by atoms with Crippen molar-refractivity contribution in [3.8, 4) is 0 Å². The van der Waals surface area contributed by atoms with Gasteiger partial charge in [0, 0.05) is 0 Å². The smallest absolute Gasteiger partial charge is 0.159 e. The van der Waals surface area contributed by atoms with Crippen LogP contribution in [0.1, 0.15) is 38.2 Å². The summed E-state index contributed by atoms with van der Waals surface area (Å²) in [5.74, 6) is 0.205. The van der Waals surface area contributed by atoms with Gasteiger partial charge < -0.3 is 5.73 Å². The third-order valence-corrected chi connectivity index (χ3v) is 3.67. The van der Waals surface area contributed by atoms with Crippen molar-refractivity contribution in [3.63, 3.8) is 0 Å². The molecule has 16 heavy (non-hydrogen) atoms. The first-order valence-corrected chi connectivity index (χ1v) is 6.02. The minimum atomic E-state index is -0.363. The lowest BCUT2D eigenvalue weighted by atomic mass is 9.73. The summed E-state index contributed by atoms with van der Waals surface area (Å²) in [4.78, 5) is 12.3. The first-order valence-electron chi connectivity index (χ1n) is 6.02. The van der Waals surface area contributed by atoms with E-state index in [9.17, 15) is 4.79 Å². The second-order valence-corrected chi connectivity index (χ2v) is 4.81. The zero-order valence-electron chi connectivity index (χ0n) is 9.78. The molecular formula is C14H19NO. The van der Waals surface area contributed by atoms with Gasteiger partial charge in [0.15, 0.2) is 5.78 Å². The Labute approximate surface area is 96.8 Å². The molecule has 1 unspecified atom stereocenters. The molecule has 1 aromatic rings. The van der Waals surface area contributed by atoms with E-state index in [1.165, 1.54) is 0 Å². The SMILES string of the molecule is CC(N)C(=O)C1(c2ccccc2)CCCC1. The predicted molar refractivity (Wildman–Crippen MR) is 65.2 cm³/mol. The Bertz CT molecular complexity index is 364. The Kier molecular flexibility index (Phi) is 3.10. The number of hydrogen-bond acceptors (Lipinski definition) is 2. The highest BCUT2D eigenvalue weighted by molar-refractivity contribution is 5.94. The van der Waals surface area contributed by atoms with Gasteiger partial charge in [0.1, 0.15) is 0 Å². The highest BCUT2D eigenvalue weighted by Gasteiger charge is 2.43. The van der Waals surface area contributed by atoms with Gasteiger partial charge in [0.2, 0.25) is 0 Å². The molecule has 0 aromatic heterocycles. The lowest BCUT2D eigenvalue weighted by Gasteiger charge is -2.29. The largest absolute Gasteiger partial charge is 0.322 e. The Morgan fingerprint density at radius 2 is 1.81 bits per heavy atom. The van der Waals surface area contributed by atoms with Gasteiger partial charge >= 0.3 is 0 Å². The second-order valence-electron chi connectivity index (χ2n) is 4.81. The third kappa shape index (κ3) is 1.78. The molecule has 0 heterocycles. The van der Waals surface area contributed by atoms with E-state index in [1.807, 2.05) is 18.2 Å². The monoisotopic (exact) mass is 217 g/mol. The summed E-state index contributed by atoms with van der Waals surface area (Å²) in [6.07, 6.45) is 4.18. The molecule has 0 bridgehead atoms. The Morgan fingerprint density at radius 3 is 2.31 bits per heavy atom.